The Morgan fingerprint density at radius 2 is 2.17 bits per heavy atom. The van der Waals surface area contributed by atoms with E-state index in [4.69, 9.17) is 11.0 Å². The summed E-state index contributed by atoms with van der Waals surface area (Å²) in [6, 6.07) is 8.48. The van der Waals surface area contributed by atoms with Crippen LogP contribution in [0.4, 0.5) is 4.39 Å². The Hall–Kier alpha value is -1.89. The molecule has 0 spiro atoms. The van der Waals surface area contributed by atoms with Crippen molar-refractivity contribution in [1.29, 1.82) is 5.26 Å². The average molecular weight is 245 g/mol. The molecule has 0 bridgehead atoms. The van der Waals surface area contributed by atoms with E-state index in [1.165, 1.54) is 6.07 Å². The third kappa shape index (κ3) is 1.97. The average Bonchev–Trinajstić information content (AvgIpc) is 2.35. The summed E-state index contributed by atoms with van der Waals surface area (Å²) in [5, 5.41) is 9.16. The molecular formula is C14H16FN3. The van der Waals surface area contributed by atoms with Crippen LogP contribution in [0.25, 0.3) is 0 Å². The molecule has 0 saturated heterocycles. The summed E-state index contributed by atoms with van der Waals surface area (Å²) >= 11 is 0. The molecule has 1 aliphatic rings. The van der Waals surface area contributed by atoms with Crippen molar-refractivity contribution in [1.82, 2.24) is 0 Å². The van der Waals surface area contributed by atoms with Crippen molar-refractivity contribution in [3.63, 3.8) is 0 Å². The van der Waals surface area contributed by atoms with E-state index in [9.17, 15) is 4.39 Å². The minimum absolute atomic E-state index is 0.0823. The Balaban J connectivity index is 2.44. The highest BCUT2D eigenvalue weighted by molar-refractivity contribution is 5.89. The molecule has 3 atom stereocenters. The topological polar surface area (TPSA) is 62.2 Å². The van der Waals surface area contributed by atoms with Crippen LogP contribution in [0.1, 0.15) is 31.9 Å². The second kappa shape index (κ2) is 4.41. The summed E-state index contributed by atoms with van der Waals surface area (Å²) in [4.78, 5) is 4.35. The van der Waals surface area contributed by atoms with Gasteiger partial charge < -0.3 is 5.73 Å². The zero-order valence-electron chi connectivity index (χ0n) is 10.5. The predicted molar refractivity (Wildman–Crippen MR) is 68.3 cm³/mol. The van der Waals surface area contributed by atoms with Gasteiger partial charge in [-0.3, -0.25) is 4.99 Å². The van der Waals surface area contributed by atoms with Crippen LogP contribution in [0, 0.1) is 28.5 Å². The fraction of sp³-hybridized carbons (Fsp3) is 0.429. The molecule has 2 N–H and O–H groups in total. The van der Waals surface area contributed by atoms with Crippen molar-refractivity contribution < 1.29 is 4.39 Å². The van der Waals surface area contributed by atoms with E-state index in [1.807, 2.05) is 6.92 Å². The maximum Gasteiger partial charge on any atom is 0.128 e. The maximum atomic E-state index is 13.8. The summed E-state index contributed by atoms with van der Waals surface area (Å²) in [6.45, 7) is 3.75. The molecule has 2 rings (SSSR count). The molecule has 1 heterocycles. The molecule has 0 aliphatic carbocycles. The fourth-order valence-electron chi connectivity index (χ4n) is 2.47. The van der Waals surface area contributed by atoms with Gasteiger partial charge in [-0.25, -0.2) is 4.39 Å². The van der Waals surface area contributed by atoms with E-state index in [0.717, 1.165) is 0 Å². The number of benzene rings is 1. The summed E-state index contributed by atoms with van der Waals surface area (Å²) in [7, 11) is 0. The number of hydrogen-bond acceptors (Lipinski definition) is 3. The van der Waals surface area contributed by atoms with Gasteiger partial charge >= 0.3 is 0 Å². The van der Waals surface area contributed by atoms with Crippen LogP contribution < -0.4 is 5.73 Å². The Bertz CT molecular complexity index is 532. The molecule has 1 aliphatic heterocycles. The van der Waals surface area contributed by atoms with E-state index < -0.39 is 5.41 Å². The molecular weight excluding hydrogens is 229 g/mol. The largest absolute Gasteiger partial charge is 0.386 e. The monoisotopic (exact) mass is 245 g/mol. The Labute approximate surface area is 106 Å². The Morgan fingerprint density at radius 3 is 2.78 bits per heavy atom. The van der Waals surface area contributed by atoms with Crippen molar-refractivity contribution in [2.75, 3.05) is 0 Å². The fourth-order valence-corrected chi connectivity index (χ4v) is 2.47. The van der Waals surface area contributed by atoms with E-state index >= 15 is 0 Å². The quantitative estimate of drug-likeness (QED) is 0.826. The van der Waals surface area contributed by atoms with Crippen molar-refractivity contribution in [2.45, 2.75) is 26.3 Å². The molecule has 4 heteroatoms. The van der Waals surface area contributed by atoms with Crippen LogP contribution in [-0.2, 0) is 0 Å². The van der Waals surface area contributed by atoms with Gasteiger partial charge in [-0.05, 0) is 25.3 Å². The van der Waals surface area contributed by atoms with Crippen molar-refractivity contribution >= 4 is 5.84 Å². The number of nitrogens with two attached hydrogens (primary N) is 1. The van der Waals surface area contributed by atoms with Crippen LogP contribution in [0.2, 0.25) is 0 Å². The van der Waals surface area contributed by atoms with Gasteiger partial charge in [0.15, 0.2) is 0 Å². The van der Waals surface area contributed by atoms with Gasteiger partial charge in [-0.15, -0.1) is 0 Å². The third-order valence-electron chi connectivity index (χ3n) is 3.58. The number of hydrogen-bond donors (Lipinski definition) is 1. The first-order valence-corrected chi connectivity index (χ1v) is 5.97. The lowest BCUT2D eigenvalue weighted by Gasteiger charge is -2.34. The normalized spacial score (nSPS) is 31.6. The summed E-state index contributed by atoms with van der Waals surface area (Å²) in [5.74, 6) is 0.113. The maximum absolute atomic E-state index is 13.8. The first-order chi connectivity index (χ1) is 8.48. The Morgan fingerprint density at radius 1 is 1.50 bits per heavy atom. The highest BCUT2D eigenvalue weighted by Gasteiger charge is 2.39. The minimum atomic E-state index is -0.735. The van der Waals surface area contributed by atoms with Crippen LogP contribution >= 0.6 is 0 Å². The standard InChI is InChI=1S/C14H16FN3/c1-9-7-14(2,8-16)13(17)18-12(9)10-5-3-4-6-11(10)15/h3-6,9,12H,7H2,1-2H3,(H2,17,18). The molecule has 0 aromatic heterocycles. The summed E-state index contributed by atoms with van der Waals surface area (Å²) < 4.78 is 13.8. The number of aliphatic imine (C=N–C) groups is 1. The second-order valence-corrected chi connectivity index (χ2v) is 5.11. The van der Waals surface area contributed by atoms with Crippen LogP contribution in [-0.4, -0.2) is 5.84 Å². The van der Waals surface area contributed by atoms with Gasteiger partial charge in [-0.2, -0.15) is 5.26 Å². The smallest absolute Gasteiger partial charge is 0.128 e. The molecule has 0 amide bonds. The number of rotatable bonds is 1. The number of amidine groups is 1. The van der Waals surface area contributed by atoms with Gasteiger partial charge in [0.1, 0.15) is 17.1 Å². The van der Waals surface area contributed by atoms with Crippen molar-refractivity contribution in [3.8, 4) is 6.07 Å². The zero-order chi connectivity index (χ0) is 13.3. The molecule has 0 radical (unpaired) electrons. The van der Waals surface area contributed by atoms with Crippen molar-refractivity contribution in [3.05, 3.63) is 35.6 Å². The van der Waals surface area contributed by atoms with Crippen LogP contribution in [0.15, 0.2) is 29.3 Å². The van der Waals surface area contributed by atoms with Crippen LogP contribution in [0.5, 0.6) is 0 Å². The highest BCUT2D eigenvalue weighted by Crippen LogP contribution is 2.40. The number of nitriles is 1. The summed E-state index contributed by atoms with van der Waals surface area (Å²) in [5.41, 5.74) is 5.68. The lowest BCUT2D eigenvalue weighted by atomic mass is 9.75. The van der Waals surface area contributed by atoms with E-state index in [-0.39, 0.29) is 17.8 Å². The van der Waals surface area contributed by atoms with Crippen molar-refractivity contribution in [2.24, 2.45) is 22.1 Å². The molecule has 1 aromatic rings. The molecule has 18 heavy (non-hydrogen) atoms. The number of halogens is 1. The first-order valence-electron chi connectivity index (χ1n) is 5.97. The van der Waals surface area contributed by atoms with E-state index in [1.54, 1.807) is 25.1 Å². The SMILES string of the molecule is CC1CC(C)(C#N)C(N)=NC1c1ccccc1F. The Kier molecular flexibility index (Phi) is 3.08. The van der Waals surface area contributed by atoms with Gasteiger partial charge in [0.05, 0.1) is 12.1 Å². The molecule has 94 valence electrons. The molecule has 3 nitrogen and oxygen atoms in total. The van der Waals surface area contributed by atoms with E-state index in [0.29, 0.717) is 17.8 Å². The van der Waals surface area contributed by atoms with Crippen LogP contribution in [0.3, 0.4) is 0 Å². The summed E-state index contributed by atoms with van der Waals surface area (Å²) in [6.07, 6.45) is 0.595. The lowest BCUT2D eigenvalue weighted by molar-refractivity contribution is 0.330. The van der Waals surface area contributed by atoms with Gasteiger partial charge in [0.25, 0.3) is 0 Å². The lowest BCUT2D eigenvalue weighted by Crippen LogP contribution is -2.40. The molecule has 3 unspecified atom stereocenters. The molecule has 1 aromatic carbocycles. The predicted octanol–water partition coefficient (Wildman–Crippen LogP) is 2.79. The third-order valence-corrected chi connectivity index (χ3v) is 3.58. The minimum Gasteiger partial charge on any atom is -0.386 e. The zero-order valence-corrected chi connectivity index (χ0v) is 10.5. The molecule has 0 fully saturated rings. The number of nitrogens with zero attached hydrogens (tertiary/aromatic N) is 2. The van der Waals surface area contributed by atoms with Gasteiger partial charge in [0.2, 0.25) is 0 Å². The van der Waals surface area contributed by atoms with E-state index in [2.05, 4.69) is 11.1 Å². The molecule has 0 saturated carbocycles. The second-order valence-electron chi connectivity index (χ2n) is 5.11. The van der Waals surface area contributed by atoms with Gasteiger partial charge in [-0.1, -0.05) is 25.1 Å². The first kappa shape index (κ1) is 12.6. The highest BCUT2D eigenvalue weighted by atomic mass is 19.1. The van der Waals surface area contributed by atoms with Gasteiger partial charge in [0, 0.05) is 5.56 Å².